The van der Waals surface area contributed by atoms with Gasteiger partial charge in [0.1, 0.15) is 0 Å². The molecule has 0 saturated heterocycles. The highest BCUT2D eigenvalue weighted by Crippen LogP contribution is 2.26. The molecule has 0 aliphatic heterocycles. The molecule has 3 N–H and O–H groups in total. The number of carbonyl (C=O) groups is 1. The van der Waals surface area contributed by atoms with Crippen LogP contribution in [0.3, 0.4) is 0 Å². The summed E-state index contributed by atoms with van der Waals surface area (Å²) in [5, 5.41) is 3.03. The molecule has 4 heteroatoms. The van der Waals surface area contributed by atoms with E-state index in [0.29, 0.717) is 18.9 Å². The fourth-order valence-electron chi connectivity index (χ4n) is 2.90. The van der Waals surface area contributed by atoms with E-state index in [0.717, 1.165) is 25.7 Å². The van der Waals surface area contributed by atoms with Gasteiger partial charge in [0.05, 0.1) is 0 Å². The zero-order valence-electron chi connectivity index (χ0n) is 12.1. The second kappa shape index (κ2) is 8.28. The molecular formula is C16H25ClN2O. The third-order valence-corrected chi connectivity index (χ3v) is 4.14. The van der Waals surface area contributed by atoms with E-state index in [2.05, 4.69) is 24.4 Å². The Balaban J connectivity index is 0.00000200. The van der Waals surface area contributed by atoms with Gasteiger partial charge in [-0.15, -0.1) is 12.4 Å². The fraction of sp³-hybridized carbons (Fsp3) is 0.562. The summed E-state index contributed by atoms with van der Waals surface area (Å²) >= 11 is 0. The zero-order chi connectivity index (χ0) is 13.7. The lowest BCUT2D eigenvalue weighted by Gasteiger charge is -2.15. The molecule has 1 saturated carbocycles. The Morgan fingerprint density at radius 3 is 2.60 bits per heavy atom. The van der Waals surface area contributed by atoms with Crippen molar-refractivity contribution in [2.24, 2.45) is 11.7 Å². The van der Waals surface area contributed by atoms with Gasteiger partial charge < -0.3 is 11.1 Å². The van der Waals surface area contributed by atoms with Gasteiger partial charge in [0.15, 0.2) is 0 Å². The first-order valence-corrected chi connectivity index (χ1v) is 7.29. The lowest BCUT2D eigenvalue weighted by molar-refractivity contribution is -0.122. The van der Waals surface area contributed by atoms with E-state index in [9.17, 15) is 4.79 Å². The second-order valence-electron chi connectivity index (χ2n) is 5.46. The average Bonchev–Trinajstić information content (AvgIpc) is 2.82. The van der Waals surface area contributed by atoms with Crippen LogP contribution in [0.1, 0.15) is 43.7 Å². The highest BCUT2D eigenvalue weighted by atomic mass is 35.5. The first kappa shape index (κ1) is 17.0. The van der Waals surface area contributed by atoms with Crippen molar-refractivity contribution in [1.82, 2.24) is 5.32 Å². The van der Waals surface area contributed by atoms with Crippen molar-refractivity contribution in [3.8, 4) is 0 Å². The average molecular weight is 297 g/mol. The number of benzene rings is 1. The van der Waals surface area contributed by atoms with Gasteiger partial charge in [-0.25, -0.2) is 0 Å². The Morgan fingerprint density at radius 1 is 1.30 bits per heavy atom. The molecule has 1 fully saturated rings. The Bertz CT molecular complexity index is 436. The summed E-state index contributed by atoms with van der Waals surface area (Å²) in [5.41, 5.74) is 8.52. The Kier molecular flexibility index (Phi) is 7.03. The molecule has 0 aromatic heterocycles. The van der Waals surface area contributed by atoms with Crippen LogP contribution in [-0.4, -0.2) is 11.9 Å². The Morgan fingerprint density at radius 2 is 2.00 bits per heavy atom. The molecule has 20 heavy (non-hydrogen) atoms. The molecule has 0 unspecified atom stereocenters. The van der Waals surface area contributed by atoms with Crippen LogP contribution in [0.2, 0.25) is 0 Å². The van der Waals surface area contributed by atoms with Gasteiger partial charge >= 0.3 is 0 Å². The highest BCUT2D eigenvalue weighted by Gasteiger charge is 2.25. The van der Waals surface area contributed by atoms with Crippen molar-refractivity contribution < 1.29 is 4.79 Å². The molecule has 1 aromatic carbocycles. The summed E-state index contributed by atoms with van der Waals surface area (Å²) in [7, 11) is 0. The van der Waals surface area contributed by atoms with Crippen LogP contribution in [0.15, 0.2) is 24.3 Å². The van der Waals surface area contributed by atoms with Gasteiger partial charge in [-0.1, -0.05) is 37.6 Å². The number of nitrogens with two attached hydrogens (primary N) is 1. The van der Waals surface area contributed by atoms with Crippen molar-refractivity contribution in [3.05, 3.63) is 35.4 Å². The third-order valence-electron chi connectivity index (χ3n) is 4.14. The van der Waals surface area contributed by atoms with Crippen LogP contribution in [0, 0.1) is 5.92 Å². The number of halogens is 1. The molecule has 1 aromatic rings. The maximum absolute atomic E-state index is 12.0. The number of carbonyl (C=O) groups excluding carboxylic acids is 1. The van der Waals surface area contributed by atoms with Crippen LogP contribution >= 0.6 is 12.4 Å². The van der Waals surface area contributed by atoms with Gasteiger partial charge in [0.2, 0.25) is 5.91 Å². The monoisotopic (exact) mass is 296 g/mol. The quantitative estimate of drug-likeness (QED) is 0.878. The number of amides is 1. The molecule has 0 bridgehead atoms. The van der Waals surface area contributed by atoms with E-state index in [4.69, 9.17) is 5.73 Å². The van der Waals surface area contributed by atoms with Gasteiger partial charge in [-0.2, -0.15) is 0 Å². The van der Waals surface area contributed by atoms with Crippen LogP contribution in [0.25, 0.3) is 0 Å². The van der Waals surface area contributed by atoms with Crippen molar-refractivity contribution >= 4 is 18.3 Å². The molecule has 2 rings (SSSR count). The number of aryl methyl sites for hydroxylation is 1. The molecule has 1 aliphatic carbocycles. The first-order chi connectivity index (χ1) is 9.20. The topological polar surface area (TPSA) is 55.1 Å². The minimum atomic E-state index is 0. The number of nitrogens with one attached hydrogen (secondary N) is 1. The minimum Gasteiger partial charge on any atom is -0.352 e. The van der Waals surface area contributed by atoms with Crippen LogP contribution < -0.4 is 11.1 Å². The second-order valence-corrected chi connectivity index (χ2v) is 5.46. The lowest BCUT2D eigenvalue weighted by atomic mass is 9.99. The van der Waals surface area contributed by atoms with E-state index >= 15 is 0 Å². The van der Waals surface area contributed by atoms with Gasteiger partial charge in [-0.05, 0) is 36.3 Å². The van der Waals surface area contributed by atoms with E-state index in [1.807, 2.05) is 12.1 Å². The molecule has 1 aliphatic rings. The first-order valence-electron chi connectivity index (χ1n) is 7.29. The summed E-state index contributed by atoms with van der Waals surface area (Å²) in [6.07, 6.45) is 4.91. The van der Waals surface area contributed by atoms with Crippen molar-refractivity contribution in [2.45, 2.75) is 51.6 Å². The van der Waals surface area contributed by atoms with Gasteiger partial charge in [0.25, 0.3) is 0 Å². The van der Waals surface area contributed by atoms with E-state index < -0.39 is 0 Å². The summed E-state index contributed by atoms with van der Waals surface area (Å²) in [6, 6.07) is 8.48. The maximum atomic E-state index is 12.0. The summed E-state index contributed by atoms with van der Waals surface area (Å²) in [6.45, 7) is 2.77. The largest absolute Gasteiger partial charge is 0.352 e. The standard InChI is InChI=1S/C16H24N2O.ClH/c1-2-12-6-3-4-7-14(12)11-18-16(19)10-13-8-5-9-15(13)17;/h3-4,6-7,13,15H,2,5,8-11,17H2,1H3,(H,18,19);1H/t13-,15+;/m0./s1. The van der Waals surface area contributed by atoms with E-state index in [1.165, 1.54) is 11.1 Å². The van der Waals surface area contributed by atoms with Gasteiger partial charge in [0, 0.05) is 19.0 Å². The molecule has 0 heterocycles. The lowest BCUT2D eigenvalue weighted by Crippen LogP contribution is -2.31. The number of hydrogen-bond acceptors (Lipinski definition) is 2. The predicted octanol–water partition coefficient (Wildman–Crippen LogP) is 2.80. The van der Waals surface area contributed by atoms with Crippen molar-refractivity contribution in [2.75, 3.05) is 0 Å². The molecule has 0 spiro atoms. The molecule has 112 valence electrons. The van der Waals surface area contributed by atoms with Crippen LogP contribution in [-0.2, 0) is 17.8 Å². The normalized spacial score (nSPS) is 21.3. The van der Waals surface area contributed by atoms with Crippen molar-refractivity contribution in [3.63, 3.8) is 0 Å². The Hall–Kier alpha value is -1.06. The van der Waals surface area contributed by atoms with Gasteiger partial charge in [-0.3, -0.25) is 4.79 Å². The molecular weight excluding hydrogens is 272 g/mol. The number of hydrogen-bond donors (Lipinski definition) is 2. The maximum Gasteiger partial charge on any atom is 0.220 e. The molecule has 1 amide bonds. The third kappa shape index (κ3) is 4.50. The fourth-order valence-corrected chi connectivity index (χ4v) is 2.90. The summed E-state index contributed by atoms with van der Waals surface area (Å²) in [4.78, 5) is 12.0. The Labute approximate surface area is 127 Å². The summed E-state index contributed by atoms with van der Waals surface area (Å²) < 4.78 is 0. The molecule has 0 radical (unpaired) electrons. The SMILES string of the molecule is CCc1ccccc1CNC(=O)C[C@@H]1CCC[C@H]1N.Cl. The van der Waals surface area contributed by atoms with Crippen LogP contribution in [0.5, 0.6) is 0 Å². The number of rotatable bonds is 5. The smallest absolute Gasteiger partial charge is 0.220 e. The highest BCUT2D eigenvalue weighted by molar-refractivity contribution is 5.85. The van der Waals surface area contributed by atoms with E-state index in [-0.39, 0.29) is 24.4 Å². The summed E-state index contributed by atoms with van der Waals surface area (Å²) in [5.74, 6) is 0.509. The minimum absolute atomic E-state index is 0. The van der Waals surface area contributed by atoms with E-state index in [1.54, 1.807) is 0 Å². The zero-order valence-corrected chi connectivity index (χ0v) is 12.9. The van der Waals surface area contributed by atoms with Crippen molar-refractivity contribution in [1.29, 1.82) is 0 Å². The van der Waals surface area contributed by atoms with Crippen LogP contribution in [0.4, 0.5) is 0 Å². The predicted molar refractivity (Wildman–Crippen MR) is 84.8 cm³/mol. The molecule has 3 nitrogen and oxygen atoms in total. The molecule has 2 atom stereocenters.